The molecule has 1 unspecified atom stereocenters. The number of carbonyl (C=O) groups is 3. The number of aromatic nitrogens is 2. The molecule has 3 N–H and O–H groups in total. The third-order valence-corrected chi connectivity index (χ3v) is 5.14. The van der Waals surface area contributed by atoms with Gasteiger partial charge in [-0.25, -0.2) is 4.68 Å². The first-order valence-corrected chi connectivity index (χ1v) is 11.2. The van der Waals surface area contributed by atoms with Crippen LogP contribution in [0.15, 0.2) is 64.0 Å². The molecule has 0 saturated carbocycles. The highest BCUT2D eigenvalue weighted by Gasteiger charge is 2.21. The highest BCUT2D eigenvalue weighted by molar-refractivity contribution is 5.97. The summed E-state index contributed by atoms with van der Waals surface area (Å²) in [6, 6.07) is 11.9. The van der Waals surface area contributed by atoms with E-state index < -0.39 is 22.9 Å². The first kappa shape index (κ1) is 25.4. The molecule has 10 nitrogen and oxygen atoms in total. The fraction of sp³-hybridized carbons (Fsp3) is 0.320. The number of amides is 3. The van der Waals surface area contributed by atoms with E-state index in [2.05, 4.69) is 21.0 Å². The maximum atomic E-state index is 12.5. The summed E-state index contributed by atoms with van der Waals surface area (Å²) in [6.07, 6.45) is 1.50. The molecular weight excluding hydrogens is 450 g/mol. The first-order chi connectivity index (χ1) is 16.6. The Balaban J connectivity index is 1.49. The van der Waals surface area contributed by atoms with E-state index in [4.69, 9.17) is 4.42 Å². The molecule has 2 heterocycles. The van der Waals surface area contributed by atoms with Crippen molar-refractivity contribution >= 4 is 23.4 Å². The molecule has 0 saturated heterocycles. The predicted octanol–water partition coefficient (Wildman–Crippen LogP) is 2.60. The van der Waals surface area contributed by atoms with Gasteiger partial charge < -0.3 is 20.4 Å². The molecule has 0 radical (unpaired) electrons. The molecule has 1 atom stereocenters. The summed E-state index contributed by atoms with van der Waals surface area (Å²) in [6.45, 7) is 7.37. The lowest BCUT2D eigenvalue weighted by Crippen LogP contribution is -2.40. The van der Waals surface area contributed by atoms with E-state index in [1.165, 1.54) is 18.4 Å². The number of hydrogen-bond acceptors (Lipinski definition) is 6. The van der Waals surface area contributed by atoms with Gasteiger partial charge in [0.05, 0.1) is 6.26 Å². The number of nitrogens with one attached hydrogen (secondary N) is 3. The average molecular weight is 480 g/mol. The van der Waals surface area contributed by atoms with Crippen molar-refractivity contribution in [3.63, 3.8) is 0 Å². The lowest BCUT2D eigenvalue weighted by Gasteiger charge is -2.17. The number of rotatable bonds is 8. The molecule has 184 valence electrons. The normalized spacial score (nSPS) is 12.0. The van der Waals surface area contributed by atoms with Gasteiger partial charge in [0, 0.05) is 35.8 Å². The van der Waals surface area contributed by atoms with E-state index in [-0.39, 0.29) is 24.9 Å². The molecule has 0 spiro atoms. The van der Waals surface area contributed by atoms with E-state index in [9.17, 15) is 19.2 Å². The Hall–Kier alpha value is -4.21. The fourth-order valence-electron chi connectivity index (χ4n) is 3.00. The van der Waals surface area contributed by atoms with Crippen molar-refractivity contribution in [2.75, 3.05) is 18.4 Å². The van der Waals surface area contributed by atoms with Gasteiger partial charge in [0.15, 0.2) is 5.76 Å². The van der Waals surface area contributed by atoms with Gasteiger partial charge in [-0.2, -0.15) is 5.10 Å². The minimum Gasteiger partial charge on any atom is -0.463 e. The molecular formula is C25H29N5O5. The number of benzene rings is 1. The third-order valence-electron chi connectivity index (χ3n) is 5.14. The van der Waals surface area contributed by atoms with Crippen LogP contribution < -0.4 is 21.5 Å². The zero-order valence-corrected chi connectivity index (χ0v) is 20.1. The van der Waals surface area contributed by atoms with Crippen LogP contribution in [-0.2, 0) is 9.59 Å². The second-order valence-electron chi connectivity index (χ2n) is 8.98. The zero-order chi connectivity index (χ0) is 25.6. The Morgan fingerprint density at radius 1 is 1.00 bits per heavy atom. The largest absolute Gasteiger partial charge is 0.463 e. The summed E-state index contributed by atoms with van der Waals surface area (Å²) in [5.74, 6) is -0.363. The van der Waals surface area contributed by atoms with Crippen molar-refractivity contribution in [1.82, 2.24) is 20.4 Å². The summed E-state index contributed by atoms with van der Waals surface area (Å²) >= 11 is 0. The van der Waals surface area contributed by atoms with Crippen molar-refractivity contribution in [1.29, 1.82) is 0 Å². The molecule has 2 aromatic heterocycles. The van der Waals surface area contributed by atoms with Crippen LogP contribution in [0, 0.1) is 5.41 Å². The van der Waals surface area contributed by atoms with Crippen molar-refractivity contribution < 1.29 is 18.8 Å². The number of furan rings is 1. The van der Waals surface area contributed by atoms with Crippen LogP contribution in [0.1, 0.15) is 44.1 Å². The van der Waals surface area contributed by atoms with Crippen molar-refractivity contribution in [2.45, 2.75) is 33.7 Å². The fourth-order valence-corrected chi connectivity index (χ4v) is 3.00. The van der Waals surface area contributed by atoms with Crippen molar-refractivity contribution in [3.8, 4) is 11.5 Å². The van der Waals surface area contributed by atoms with E-state index in [1.54, 1.807) is 43.3 Å². The number of anilines is 1. The molecule has 0 fully saturated rings. The van der Waals surface area contributed by atoms with Gasteiger partial charge in [0.25, 0.3) is 11.5 Å². The van der Waals surface area contributed by atoms with E-state index in [0.717, 1.165) is 4.68 Å². The molecule has 1 aromatic carbocycles. The monoisotopic (exact) mass is 479 g/mol. The summed E-state index contributed by atoms with van der Waals surface area (Å²) in [7, 11) is 0. The number of hydrogen-bond donors (Lipinski definition) is 3. The quantitative estimate of drug-likeness (QED) is 0.425. The van der Waals surface area contributed by atoms with Crippen molar-refractivity contribution in [3.05, 3.63) is 70.7 Å². The van der Waals surface area contributed by atoms with Crippen LogP contribution in [0.25, 0.3) is 11.5 Å². The van der Waals surface area contributed by atoms with Gasteiger partial charge in [-0.1, -0.05) is 20.8 Å². The average Bonchev–Trinajstić information content (AvgIpc) is 3.36. The van der Waals surface area contributed by atoms with Crippen LogP contribution in [0.2, 0.25) is 0 Å². The molecule has 3 amide bonds. The molecule has 0 aliphatic rings. The molecule has 0 aliphatic heterocycles. The maximum absolute atomic E-state index is 12.5. The summed E-state index contributed by atoms with van der Waals surface area (Å²) in [4.78, 5) is 49.1. The minimum absolute atomic E-state index is 0.121. The molecule has 35 heavy (non-hydrogen) atoms. The molecule has 0 bridgehead atoms. The molecule has 0 aliphatic carbocycles. The van der Waals surface area contributed by atoms with Gasteiger partial charge in [0.2, 0.25) is 11.8 Å². The van der Waals surface area contributed by atoms with Gasteiger partial charge >= 0.3 is 0 Å². The summed E-state index contributed by atoms with van der Waals surface area (Å²) in [5, 5.41) is 12.4. The van der Waals surface area contributed by atoms with Gasteiger partial charge in [-0.05, 0) is 49.4 Å². The Labute approximate surface area is 202 Å². The minimum atomic E-state index is -0.857. The van der Waals surface area contributed by atoms with Gasteiger partial charge in [0.1, 0.15) is 11.7 Å². The topological polar surface area (TPSA) is 135 Å². The van der Waals surface area contributed by atoms with Gasteiger partial charge in [-0.3, -0.25) is 19.2 Å². The Morgan fingerprint density at radius 3 is 2.31 bits per heavy atom. The van der Waals surface area contributed by atoms with Crippen LogP contribution in [0.4, 0.5) is 5.69 Å². The first-order valence-electron chi connectivity index (χ1n) is 11.2. The molecule has 3 aromatic rings. The van der Waals surface area contributed by atoms with Crippen LogP contribution in [-0.4, -0.2) is 40.6 Å². The van der Waals surface area contributed by atoms with E-state index in [1.807, 2.05) is 20.8 Å². The predicted molar refractivity (Wildman–Crippen MR) is 131 cm³/mol. The van der Waals surface area contributed by atoms with E-state index in [0.29, 0.717) is 22.7 Å². The highest BCUT2D eigenvalue weighted by atomic mass is 16.3. The number of nitrogens with zero attached hydrogens (tertiary/aromatic N) is 2. The molecule has 3 rings (SSSR count). The smallest absolute Gasteiger partial charge is 0.267 e. The summed E-state index contributed by atoms with van der Waals surface area (Å²) < 4.78 is 6.38. The Kier molecular flexibility index (Phi) is 7.85. The third kappa shape index (κ3) is 6.66. The standard InChI is InChI=1S/C25H29N5O5/c1-16(30-21(31)12-11-19(29-30)20-6-5-15-35-20)22(32)26-13-14-27-23(33)17-7-9-18(10-8-17)28-24(34)25(2,3)4/h5-12,15-16H,13-14H2,1-4H3,(H,26,32)(H,27,33)(H,28,34). The second kappa shape index (κ2) is 10.8. The maximum Gasteiger partial charge on any atom is 0.267 e. The van der Waals surface area contributed by atoms with Crippen LogP contribution in [0.3, 0.4) is 0 Å². The van der Waals surface area contributed by atoms with E-state index >= 15 is 0 Å². The summed E-state index contributed by atoms with van der Waals surface area (Å²) in [5.41, 5.74) is 0.514. The highest BCUT2D eigenvalue weighted by Crippen LogP contribution is 2.18. The Bertz CT molecular complexity index is 1240. The molecule has 10 heteroatoms. The van der Waals surface area contributed by atoms with Gasteiger partial charge in [-0.15, -0.1) is 0 Å². The SMILES string of the molecule is CC(C(=O)NCCNC(=O)c1ccc(NC(=O)C(C)(C)C)cc1)n1nc(-c2ccco2)ccc1=O. The van der Waals surface area contributed by atoms with Crippen molar-refractivity contribution in [2.24, 2.45) is 5.41 Å². The second-order valence-corrected chi connectivity index (χ2v) is 8.98. The number of carbonyl (C=O) groups excluding carboxylic acids is 3. The zero-order valence-electron chi connectivity index (χ0n) is 20.1. The lowest BCUT2D eigenvalue weighted by molar-refractivity contribution is -0.124. The lowest BCUT2D eigenvalue weighted by atomic mass is 9.95. The Morgan fingerprint density at radius 2 is 1.69 bits per heavy atom. The van der Waals surface area contributed by atoms with Crippen LogP contribution in [0.5, 0.6) is 0 Å². The van der Waals surface area contributed by atoms with Crippen LogP contribution >= 0.6 is 0 Å².